The minimum atomic E-state index is -0.601. The largest absolute Gasteiger partial charge is 0.494 e. The molecule has 2 aliphatic heterocycles. The molecule has 2 aromatic carbocycles. The fourth-order valence-electron chi connectivity index (χ4n) is 4.92. The molecule has 0 radical (unpaired) electrons. The first-order valence-electron chi connectivity index (χ1n) is 11.6. The first-order valence-corrected chi connectivity index (χ1v) is 11.6. The molecule has 180 valence electrons. The lowest BCUT2D eigenvalue weighted by Crippen LogP contribution is -2.58. The summed E-state index contributed by atoms with van der Waals surface area (Å²) in [7, 11) is 1.42. The minimum Gasteiger partial charge on any atom is -0.494 e. The number of nitrogens with zero attached hydrogens (tertiary/aromatic N) is 5. The first-order chi connectivity index (χ1) is 17.1. The fraction of sp³-hybridized carbons (Fsp3) is 0.320. The molecule has 10 heteroatoms. The summed E-state index contributed by atoms with van der Waals surface area (Å²) in [5.74, 6) is -0.382. The number of benzene rings is 2. The second kappa shape index (κ2) is 8.79. The number of ether oxygens (including phenoxy) is 2. The van der Waals surface area contributed by atoms with Crippen LogP contribution in [0.4, 0.5) is 10.1 Å². The second-order valence-electron chi connectivity index (χ2n) is 8.78. The van der Waals surface area contributed by atoms with E-state index in [4.69, 9.17) is 9.47 Å². The molecule has 0 spiro atoms. The highest BCUT2D eigenvalue weighted by Gasteiger charge is 2.29. The maximum Gasteiger partial charge on any atom is 0.273 e. The third-order valence-electron chi connectivity index (χ3n) is 6.77. The summed E-state index contributed by atoms with van der Waals surface area (Å²) in [6.07, 6.45) is 0. The van der Waals surface area contributed by atoms with Crippen molar-refractivity contribution in [2.45, 2.75) is 6.04 Å². The Hall–Kier alpha value is -3.76. The van der Waals surface area contributed by atoms with Crippen molar-refractivity contribution in [1.82, 2.24) is 24.9 Å². The van der Waals surface area contributed by atoms with Crippen LogP contribution in [0.1, 0.15) is 0 Å². The number of methoxy groups -OCH3 is 1. The van der Waals surface area contributed by atoms with E-state index in [1.165, 1.54) is 25.3 Å². The molecule has 2 saturated heterocycles. The molecule has 0 amide bonds. The van der Waals surface area contributed by atoms with E-state index < -0.39 is 11.4 Å². The van der Waals surface area contributed by atoms with Gasteiger partial charge < -0.3 is 14.4 Å². The Balaban J connectivity index is 1.34. The monoisotopic (exact) mass is 476 g/mol. The van der Waals surface area contributed by atoms with Crippen molar-refractivity contribution in [3.63, 3.8) is 0 Å². The predicted octanol–water partition coefficient (Wildman–Crippen LogP) is 2.44. The van der Waals surface area contributed by atoms with Crippen LogP contribution in [-0.2, 0) is 4.74 Å². The van der Waals surface area contributed by atoms with E-state index in [1.807, 2.05) is 12.1 Å². The second-order valence-corrected chi connectivity index (χ2v) is 8.78. The van der Waals surface area contributed by atoms with Gasteiger partial charge in [0.1, 0.15) is 22.6 Å². The van der Waals surface area contributed by atoms with Gasteiger partial charge in [0.15, 0.2) is 5.82 Å². The van der Waals surface area contributed by atoms with Gasteiger partial charge in [-0.2, -0.15) is 14.9 Å². The van der Waals surface area contributed by atoms with E-state index >= 15 is 0 Å². The Morgan fingerprint density at radius 1 is 1.14 bits per heavy atom. The maximum absolute atomic E-state index is 14.7. The lowest BCUT2D eigenvalue weighted by atomic mass is 10.1. The molecule has 0 aliphatic carbocycles. The summed E-state index contributed by atoms with van der Waals surface area (Å²) in [6, 6.07) is 14.3. The highest BCUT2D eigenvalue weighted by atomic mass is 19.1. The normalized spacial score (nSPS) is 18.6. The van der Waals surface area contributed by atoms with E-state index in [0.29, 0.717) is 22.8 Å². The Labute approximate surface area is 200 Å². The number of halogens is 1. The van der Waals surface area contributed by atoms with Gasteiger partial charge in [0.05, 0.1) is 31.9 Å². The van der Waals surface area contributed by atoms with E-state index in [-0.39, 0.29) is 11.4 Å². The molecule has 2 fully saturated rings. The number of morpholine rings is 1. The first kappa shape index (κ1) is 21.8. The van der Waals surface area contributed by atoms with Gasteiger partial charge in [0.25, 0.3) is 5.56 Å². The molecule has 9 nitrogen and oxygen atoms in total. The van der Waals surface area contributed by atoms with Crippen LogP contribution in [0.5, 0.6) is 5.75 Å². The van der Waals surface area contributed by atoms with Gasteiger partial charge in [-0.3, -0.25) is 14.8 Å². The van der Waals surface area contributed by atoms with Crippen molar-refractivity contribution in [3.05, 3.63) is 64.7 Å². The predicted molar refractivity (Wildman–Crippen MR) is 130 cm³/mol. The average Bonchev–Trinajstić information content (AvgIpc) is 3.30. The Morgan fingerprint density at radius 2 is 2.00 bits per heavy atom. The molecule has 2 aromatic heterocycles. The van der Waals surface area contributed by atoms with Crippen molar-refractivity contribution in [3.8, 4) is 22.7 Å². The lowest BCUT2D eigenvalue weighted by Gasteiger charge is -2.44. The van der Waals surface area contributed by atoms with Crippen molar-refractivity contribution in [2.75, 3.05) is 51.4 Å². The molecular formula is C25H25FN6O3. The molecule has 1 atom stereocenters. The van der Waals surface area contributed by atoms with Gasteiger partial charge in [-0.1, -0.05) is 18.2 Å². The zero-order valence-corrected chi connectivity index (χ0v) is 19.3. The summed E-state index contributed by atoms with van der Waals surface area (Å²) in [5, 5.41) is 11.7. The molecular weight excluding hydrogens is 451 g/mol. The van der Waals surface area contributed by atoms with E-state index in [0.717, 1.165) is 55.3 Å². The topological polar surface area (TPSA) is 88.5 Å². The van der Waals surface area contributed by atoms with Crippen molar-refractivity contribution >= 4 is 16.7 Å². The fourth-order valence-corrected chi connectivity index (χ4v) is 4.92. The smallest absolute Gasteiger partial charge is 0.273 e. The van der Waals surface area contributed by atoms with E-state index in [1.54, 1.807) is 6.07 Å². The number of H-pyrrole nitrogens is 1. The van der Waals surface area contributed by atoms with Crippen LogP contribution < -0.4 is 15.2 Å². The Bertz CT molecular complexity index is 1430. The molecule has 2 aliphatic rings. The lowest BCUT2D eigenvalue weighted by molar-refractivity contribution is -0.0116. The molecule has 6 rings (SSSR count). The summed E-state index contributed by atoms with van der Waals surface area (Å²) in [6.45, 7) is 5.52. The van der Waals surface area contributed by atoms with Crippen LogP contribution in [0.3, 0.4) is 0 Å². The summed E-state index contributed by atoms with van der Waals surface area (Å²) < 4.78 is 26.6. The van der Waals surface area contributed by atoms with Gasteiger partial charge in [-0.25, -0.2) is 4.39 Å². The number of rotatable bonds is 4. The van der Waals surface area contributed by atoms with E-state index in [2.05, 4.69) is 37.2 Å². The van der Waals surface area contributed by atoms with Gasteiger partial charge >= 0.3 is 0 Å². The number of anilines is 1. The van der Waals surface area contributed by atoms with Gasteiger partial charge in [-0.05, 0) is 24.3 Å². The Morgan fingerprint density at radius 3 is 2.83 bits per heavy atom. The van der Waals surface area contributed by atoms with Crippen molar-refractivity contribution < 1.29 is 13.9 Å². The van der Waals surface area contributed by atoms with Gasteiger partial charge in [0, 0.05) is 43.5 Å². The zero-order valence-electron chi connectivity index (χ0n) is 19.3. The van der Waals surface area contributed by atoms with Crippen LogP contribution in [0.2, 0.25) is 0 Å². The minimum absolute atomic E-state index is 0.0322. The molecule has 0 unspecified atom stereocenters. The highest BCUT2D eigenvalue weighted by Crippen LogP contribution is 2.29. The van der Waals surface area contributed by atoms with Gasteiger partial charge in [0.2, 0.25) is 0 Å². The molecule has 35 heavy (non-hydrogen) atoms. The molecule has 0 saturated carbocycles. The third kappa shape index (κ3) is 3.84. The number of hydrogen-bond acceptors (Lipinski definition) is 7. The number of piperazine rings is 1. The van der Waals surface area contributed by atoms with Crippen LogP contribution in [0, 0.1) is 5.82 Å². The highest BCUT2D eigenvalue weighted by molar-refractivity contribution is 5.89. The number of hydrogen-bond donors (Lipinski definition) is 1. The SMILES string of the molecule is COc1cccc(F)c1-n1nc2c(-c3ccc(N4CCN5CCOC[C@H]5C4)cc3)n[nH]c2cc1=O. The van der Waals surface area contributed by atoms with Crippen molar-refractivity contribution in [2.24, 2.45) is 0 Å². The van der Waals surface area contributed by atoms with Crippen LogP contribution in [-0.4, -0.2) is 77.4 Å². The van der Waals surface area contributed by atoms with Gasteiger partial charge in [-0.15, -0.1) is 0 Å². The Kier molecular flexibility index (Phi) is 5.46. The zero-order chi connectivity index (χ0) is 23.9. The molecule has 4 heterocycles. The van der Waals surface area contributed by atoms with Crippen LogP contribution in [0.15, 0.2) is 53.3 Å². The van der Waals surface area contributed by atoms with E-state index in [9.17, 15) is 9.18 Å². The number of aromatic amines is 1. The molecule has 1 N–H and O–H groups in total. The summed E-state index contributed by atoms with van der Waals surface area (Å²) in [5.41, 5.74) is 3.00. The number of nitrogens with one attached hydrogen (secondary N) is 1. The number of para-hydroxylation sites is 1. The standard InChI is InChI=1S/C25H25FN6O3/c1-34-21-4-2-3-19(26)25(21)32-22(33)13-20-24(29-32)23(28-27-20)16-5-7-17(8-6-16)31-10-9-30-11-12-35-15-18(30)14-31/h2-8,13,18,27H,9-12,14-15H2,1H3/t18-/m1/s1. The molecule has 0 bridgehead atoms. The van der Waals surface area contributed by atoms with Crippen LogP contribution >= 0.6 is 0 Å². The third-order valence-corrected chi connectivity index (χ3v) is 6.77. The quantitative estimate of drug-likeness (QED) is 0.484. The number of aromatic nitrogens is 4. The molecule has 4 aromatic rings. The van der Waals surface area contributed by atoms with Crippen molar-refractivity contribution in [1.29, 1.82) is 0 Å². The maximum atomic E-state index is 14.7. The summed E-state index contributed by atoms with van der Waals surface area (Å²) >= 11 is 0. The average molecular weight is 477 g/mol. The van der Waals surface area contributed by atoms with Crippen LogP contribution in [0.25, 0.3) is 28.0 Å². The number of fused-ring (bicyclic) bond motifs is 2. The summed E-state index contributed by atoms with van der Waals surface area (Å²) in [4.78, 5) is 17.6.